The quantitative estimate of drug-likeness (QED) is 0.382. The molecule has 2 aromatic carbocycles. The Kier molecular flexibility index (Phi) is 6.73. The maximum Gasteiger partial charge on any atom is 0.237 e. The number of carbonyl (C=O) groups excluding carboxylic acids is 1. The summed E-state index contributed by atoms with van der Waals surface area (Å²) in [5, 5.41) is 21.4. The van der Waals surface area contributed by atoms with Gasteiger partial charge in [0.25, 0.3) is 0 Å². The van der Waals surface area contributed by atoms with Crippen LogP contribution < -0.4 is 5.32 Å². The Bertz CT molecular complexity index is 1350. The van der Waals surface area contributed by atoms with Gasteiger partial charge in [0, 0.05) is 28.7 Å². The lowest BCUT2D eigenvalue weighted by Gasteiger charge is -2.16. The zero-order chi connectivity index (χ0) is 23.4. The van der Waals surface area contributed by atoms with Crippen molar-refractivity contribution < 1.29 is 4.79 Å². The third-order valence-electron chi connectivity index (χ3n) is 4.96. The third kappa shape index (κ3) is 4.90. The molecule has 4 rings (SSSR count). The maximum atomic E-state index is 12.9. The van der Waals surface area contributed by atoms with Gasteiger partial charge in [0.2, 0.25) is 5.91 Å². The molecular weight excluding hydrogens is 456 g/mol. The fourth-order valence-corrected chi connectivity index (χ4v) is 4.24. The molecule has 0 fully saturated rings. The van der Waals surface area contributed by atoms with Crippen LogP contribution in [0.5, 0.6) is 0 Å². The summed E-state index contributed by atoms with van der Waals surface area (Å²) >= 11 is 7.68. The van der Waals surface area contributed by atoms with Crippen molar-refractivity contribution in [3.05, 3.63) is 83.1 Å². The first-order valence-corrected chi connectivity index (χ1v) is 11.3. The SMILES string of the molecule is Cc1c(Cl)cccc1-n1c(SC(C)C(=O)Nc2cccc(C#N)c2)nnc1-c1ccncc1. The molecule has 7 nitrogen and oxygen atoms in total. The van der Waals surface area contributed by atoms with Crippen molar-refractivity contribution in [2.75, 3.05) is 5.32 Å². The van der Waals surface area contributed by atoms with E-state index in [1.54, 1.807) is 43.6 Å². The first-order valence-electron chi connectivity index (χ1n) is 10.1. The molecule has 9 heteroatoms. The second-order valence-electron chi connectivity index (χ2n) is 7.20. The number of nitrogens with one attached hydrogen (secondary N) is 1. The molecule has 1 amide bonds. The Morgan fingerprint density at radius 3 is 2.67 bits per heavy atom. The number of anilines is 1. The summed E-state index contributed by atoms with van der Waals surface area (Å²) in [7, 11) is 0. The molecule has 33 heavy (non-hydrogen) atoms. The molecule has 0 saturated carbocycles. The molecule has 0 aliphatic carbocycles. The Morgan fingerprint density at radius 2 is 1.91 bits per heavy atom. The molecule has 0 aliphatic heterocycles. The van der Waals surface area contributed by atoms with Gasteiger partial charge in [-0.05, 0) is 61.9 Å². The standard InChI is InChI=1S/C24H19ClN6OS/c1-15-20(25)7-4-8-21(15)31-22(18-9-11-27-12-10-18)29-30-24(31)33-16(2)23(32)28-19-6-3-5-17(13-19)14-26/h3-13,16H,1-2H3,(H,28,32). The zero-order valence-electron chi connectivity index (χ0n) is 17.9. The lowest BCUT2D eigenvalue weighted by molar-refractivity contribution is -0.115. The summed E-state index contributed by atoms with van der Waals surface area (Å²) in [4.78, 5) is 16.9. The van der Waals surface area contributed by atoms with Crippen molar-refractivity contribution in [1.29, 1.82) is 5.26 Å². The van der Waals surface area contributed by atoms with Crippen LogP contribution in [0, 0.1) is 18.3 Å². The highest BCUT2D eigenvalue weighted by Crippen LogP contribution is 2.33. The second-order valence-corrected chi connectivity index (χ2v) is 8.92. The van der Waals surface area contributed by atoms with E-state index in [0.29, 0.717) is 27.3 Å². The second kappa shape index (κ2) is 9.86. The highest BCUT2D eigenvalue weighted by molar-refractivity contribution is 8.00. The van der Waals surface area contributed by atoms with Crippen LogP contribution in [-0.4, -0.2) is 30.9 Å². The summed E-state index contributed by atoms with van der Waals surface area (Å²) < 4.78 is 1.90. The normalized spacial score (nSPS) is 11.6. The van der Waals surface area contributed by atoms with E-state index in [4.69, 9.17) is 16.9 Å². The van der Waals surface area contributed by atoms with E-state index >= 15 is 0 Å². The molecule has 1 N–H and O–H groups in total. The van der Waals surface area contributed by atoms with Crippen LogP contribution in [0.25, 0.3) is 17.1 Å². The van der Waals surface area contributed by atoms with Gasteiger partial charge in [0.15, 0.2) is 11.0 Å². The number of hydrogen-bond donors (Lipinski definition) is 1. The largest absolute Gasteiger partial charge is 0.325 e. The maximum absolute atomic E-state index is 12.9. The topological polar surface area (TPSA) is 96.5 Å². The predicted molar refractivity (Wildman–Crippen MR) is 129 cm³/mol. The number of rotatable bonds is 6. The number of nitriles is 1. The van der Waals surface area contributed by atoms with Crippen molar-refractivity contribution in [2.45, 2.75) is 24.3 Å². The van der Waals surface area contributed by atoms with Crippen molar-refractivity contribution >= 4 is 35.0 Å². The van der Waals surface area contributed by atoms with Gasteiger partial charge in [0.05, 0.1) is 22.6 Å². The monoisotopic (exact) mass is 474 g/mol. The fourth-order valence-electron chi connectivity index (χ4n) is 3.21. The molecule has 0 spiro atoms. The number of carbonyl (C=O) groups is 1. The van der Waals surface area contributed by atoms with E-state index in [0.717, 1.165) is 16.8 Å². The number of thioether (sulfide) groups is 1. The third-order valence-corrected chi connectivity index (χ3v) is 6.41. The van der Waals surface area contributed by atoms with E-state index in [2.05, 4.69) is 26.6 Å². The number of aromatic nitrogens is 4. The van der Waals surface area contributed by atoms with Crippen molar-refractivity contribution in [1.82, 2.24) is 19.7 Å². The molecule has 2 aromatic heterocycles. The molecular formula is C24H19ClN6OS. The van der Waals surface area contributed by atoms with E-state index in [-0.39, 0.29) is 5.91 Å². The first kappa shape index (κ1) is 22.5. The minimum absolute atomic E-state index is 0.210. The summed E-state index contributed by atoms with van der Waals surface area (Å²) in [6.45, 7) is 3.73. The van der Waals surface area contributed by atoms with Crippen LogP contribution in [0.2, 0.25) is 5.02 Å². The number of amides is 1. The Labute approximate surface area is 200 Å². The molecule has 0 radical (unpaired) electrons. The summed E-state index contributed by atoms with van der Waals surface area (Å²) in [6, 6.07) is 18.2. The number of benzene rings is 2. The van der Waals surface area contributed by atoms with Gasteiger partial charge in [-0.2, -0.15) is 5.26 Å². The van der Waals surface area contributed by atoms with Gasteiger partial charge in [-0.3, -0.25) is 14.3 Å². The van der Waals surface area contributed by atoms with Crippen molar-refractivity contribution in [2.24, 2.45) is 0 Å². The van der Waals surface area contributed by atoms with Gasteiger partial charge in [-0.15, -0.1) is 10.2 Å². The van der Waals surface area contributed by atoms with Gasteiger partial charge in [-0.25, -0.2) is 0 Å². The van der Waals surface area contributed by atoms with Crippen LogP contribution in [0.3, 0.4) is 0 Å². The smallest absolute Gasteiger partial charge is 0.237 e. The molecule has 2 heterocycles. The zero-order valence-corrected chi connectivity index (χ0v) is 19.4. The van der Waals surface area contributed by atoms with Gasteiger partial charge < -0.3 is 5.32 Å². The summed E-state index contributed by atoms with van der Waals surface area (Å²) in [5.41, 5.74) is 3.59. The predicted octanol–water partition coefficient (Wildman–Crippen LogP) is 5.28. The highest BCUT2D eigenvalue weighted by Gasteiger charge is 2.23. The summed E-state index contributed by atoms with van der Waals surface area (Å²) in [6.07, 6.45) is 3.38. The Morgan fingerprint density at radius 1 is 1.15 bits per heavy atom. The van der Waals surface area contributed by atoms with Crippen LogP contribution in [0.1, 0.15) is 18.1 Å². The van der Waals surface area contributed by atoms with Crippen LogP contribution in [-0.2, 0) is 4.79 Å². The van der Waals surface area contributed by atoms with Crippen molar-refractivity contribution in [3.63, 3.8) is 0 Å². The fraction of sp³-hybridized carbons (Fsp3) is 0.125. The van der Waals surface area contributed by atoms with E-state index in [1.165, 1.54) is 11.8 Å². The molecule has 1 unspecified atom stereocenters. The molecule has 1 atom stereocenters. The van der Waals surface area contributed by atoms with Crippen LogP contribution in [0.15, 0.2) is 72.1 Å². The van der Waals surface area contributed by atoms with E-state index < -0.39 is 5.25 Å². The minimum atomic E-state index is -0.483. The van der Waals surface area contributed by atoms with Gasteiger partial charge in [0.1, 0.15) is 0 Å². The van der Waals surface area contributed by atoms with Gasteiger partial charge >= 0.3 is 0 Å². The Hall–Kier alpha value is -3.67. The number of pyridine rings is 1. The lowest BCUT2D eigenvalue weighted by atomic mass is 10.2. The number of hydrogen-bond acceptors (Lipinski definition) is 6. The van der Waals surface area contributed by atoms with E-state index in [9.17, 15) is 4.79 Å². The van der Waals surface area contributed by atoms with Crippen LogP contribution in [0.4, 0.5) is 5.69 Å². The number of nitrogens with zero attached hydrogens (tertiary/aromatic N) is 5. The average Bonchev–Trinajstić information content (AvgIpc) is 3.24. The minimum Gasteiger partial charge on any atom is -0.325 e. The Balaban J connectivity index is 1.67. The average molecular weight is 475 g/mol. The van der Waals surface area contributed by atoms with Crippen molar-refractivity contribution in [3.8, 4) is 23.1 Å². The van der Waals surface area contributed by atoms with Crippen LogP contribution >= 0.6 is 23.4 Å². The molecule has 0 aliphatic rings. The highest BCUT2D eigenvalue weighted by atomic mass is 35.5. The molecule has 4 aromatic rings. The lowest BCUT2D eigenvalue weighted by Crippen LogP contribution is -2.23. The first-order chi connectivity index (χ1) is 16.0. The summed E-state index contributed by atoms with van der Waals surface area (Å²) in [5.74, 6) is 0.414. The molecule has 164 valence electrons. The van der Waals surface area contributed by atoms with E-state index in [1.807, 2.05) is 41.8 Å². The van der Waals surface area contributed by atoms with Gasteiger partial charge in [-0.1, -0.05) is 35.5 Å². The molecule has 0 bridgehead atoms. The molecule has 0 saturated heterocycles. The number of halogens is 1.